The Balaban J connectivity index is 1.50. The summed E-state index contributed by atoms with van der Waals surface area (Å²) in [5.74, 6) is 3.92. The highest BCUT2D eigenvalue weighted by Gasteiger charge is 2.42. The maximum atomic E-state index is 5.66. The fraction of sp³-hybridized carbons (Fsp3) is 0.722. The van der Waals surface area contributed by atoms with E-state index in [0.717, 1.165) is 48.1 Å². The molecule has 5 rings (SSSR count). The van der Waals surface area contributed by atoms with Crippen LogP contribution in [0.25, 0.3) is 11.2 Å². The van der Waals surface area contributed by atoms with Gasteiger partial charge in [0.1, 0.15) is 5.82 Å². The number of fused-ring (bicyclic) bond motifs is 5. The van der Waals surface area contributed by atoms with Crippen LogP contribution in [-0.2, 0) is 0 Å². The van der Waals surface area contributed by atoms with Crippen LogP contribution in [0.15, 0.2) is 4.42 Å². The molecule has 24 heavy (non-hydrogen) atoms. The van der Waals surface area contributed by atoms with E-state index in [2.05, 4.69) is 19.8 Å². The van der Waals surface area contributed by atoms with E-state index < -0.39 is 0 Å². The van der Waals surface area contributed by atoms with Gasteiger partial charge in [-0.3, -0.25) is 4.90 Å². The average molecular weight is 327 g/mol. The minimum absolute atomic E-state index is 0.630. The zero-order chi connectivity index (χ0) is 16.3. The molecule has 3 fully saturated rings. The van der Waals surface area contributed by atoms with Crippen LogP contribution in [-0.4, -0.2) is 52.1 Å². The van der Waals surface area contributed by atoms with E-state index in [-0.39, 0.29) is 0 Å². The van der Waals surface area contributed by atoms with Gasteiger partial charge in [-0.15, -0.1) is 0 Å². The largest absolute Gasteiger partial charge is 0.422 e. The van der Waals surface area contributed by atoms with E-state index in [9.17, 15) is 0 Å². The molecule has 2 aromatic heterocycles. The number of rotatable bonds is 1. The molecule has 0 aromatic carbocycles. The van der Waals surface area contributed by atoms with Crippen molar-refractivity contribution >= 4 is 17.0 Å². The molecule has 3 saturated heterocycles. The van der Waals surface area contributed by atoms with E-state index in [4.69, 9.17) is 9.40 Å². The number of anilines is 1. The lowest BCUT2D eigenvalue weighted by Gasteiger charge is -2.52. The zero-order valence-corrected chi connectivity index (χ0v) is 14.5. The number of aromatic nitrogens is 3. The maximum Gasteiger partial charge on any atom is 0.252 e. The molecule has 2 aromatic rings. The Morgan fingerprint density at radius 3 is 2.88 bits per heavy atom. The molecule has 3 aliphatic heterocycles. The first-order valence-electron chi connectivity index (χ1n) is 9.28. The molecule has 6 heteroatoms. The molecule has 128 valence electrons. The third-order valence-electron chi connectivity index (χ3n) is 6.03. The van der Waals surface area contributed by atoms with Crippen LogP contribution in [0.4, 0.5) is 5.82 Å². The summed E-state index contributed by atoms with van der Waals surface area (Å²) in [6.45, 7) is 8.55. The lowest BCUT2D eigenvalue weighted by molar-refractivity contribution is 0.0185. The summed E-state index contributed by atoms with van der Waals surface area (Å²) in [6, 6.07) is 0.773. The second-order valence-corrected chi connectivity index (χ2v) is 7.81. The van der Waals surface area contributed by atoms with Gasteiger partial charge >= 0.3 is 0 Å². The molecule has 0 spiro atoms. The van der Waals surface area contributed by atoms with E-state index >= 15 is 0 Å². The Morgan fingerprint density at radius 1 is 1.04 bits per heavy atom. The van der Waals surface area contributed by atoms with Crippen molar-refractivity contribution < 1.29 is 4.42 Å². The molecule has 0 amide bonds. The smallest absolute Gasteiger partial charge is 0.252 e. The van der Waals surface area contributed by atoms with Crippen molar-refractivity contribution in [1.29, 1.82) is 0 Å². The van der Waals surface area contributed by atoms with Gasteiger partial charge in [-0.2, -0.15) is 4.98 Å². The standard InChI is InChI=1S/C18H25N5O/c1-11-19-17(16-18(20-11)24-12(2)21-16)23-9-13-7-14(10-23)15-5-3-4-6-22(15)8-13/h13-15H,3-10H2,1-2H3/t13-,14-,15+/m1/s1. The average Bonchev–Trinajstić information content (AvgIpc) is 2.93. The van der Waals surface area contributed by atoms with Gasteiger partial charge in [0.05, 0.1) is 0 Å². The van der Waals surface area contributed by atoms with Gasteiger partial charge < -0.3 is 9.32 Å². The molecule has 2 bridgehead atoms. The molecule has 0 N–H and O–H groups in total. The van der Waals surface area contributed by atoms with E-state index in [1.54, 1.807) is 0 Å². The van der Waals surface area contributed by atoms with Gasteiger partial charge in [0.25, 0.3) is 5.71 Å². The zero-order valence-electron chi connectivity index (χ0n) is 14.5. The Labute approximate surface area is 142 Å². The predicted molar refractivity (Wildman–Crippen MR) is 92.1 cm³/mol. The Bertz CT molecular complexity index is 772. The summed E-state index contributed by atoms with van der Waals surface area (Å²) < 4.78 is 5.66. The number of piperidine rings is 3. The molecule has 0 aliphatic carbocycles. The van der Waals surface area contributed by atoms with E-state index in [1.807, 2.05) is 13.8 Å². The Hall–Kier alpha value is -1.69. The Morgan fingerprint density at radius 2 is 1.96 bits per heavy atom. The lowest BCUT2D eigenvalue weighted by Crippen LogP contribution is -2.59. The third kappa shape index (κ3) is 2.31. The van der Waals surface area contributed by atoms with Crippen molar-refractivity contribution in [3.63, 3.8) is 0 Å². The number of hydrogen-bond donors (Lipinski definition) is 0. The van der Waals surface area contributed by atoms with Crippen LogP contribution >= 0.6 is 0 Å². The van der Waals surface area contributed by atoms with Crippen LogP contribution in [0.2, 0.25) is 0 Å². The molecular formula is C18H25N5O. The van der Waals surface area contributed by atoms with Gasteiger partial charge in [0.15, 0.2) is 17.2 Å². The first-order valence-corrected chi connectivity index (χ1v) is 9.28. The number of oxazole rings is 1. The van der Waals surface area contributed by atoms with E-state index in [0.29, 0.717) is 11.6 Å². The second-order valence-electron chi connectivity index (χ2n) is 7.81. The van der Waals surface area contributed by atoms with Crippen molar-refractivity contribution in [3.05, 3.63) is 11.7 Å². The fourth-order valence-electron chi connectivity index (χ4n) is 5.18. The monoisotopic (exact) mass is 327 g/mol. The summed E-state index contributed by atoms with van der Waals surface area (Å²) in [6.07, 6.45) is 5.51. The van der Waals surface area contributed by atoms with Gasteiger partial charge in [-0.25, -0.2) is 9.97 Å². The highest BCUT2D eigenvalue weighted by atomic mass is 16.4. The second kappa shape index (κ2) is 5.41. The van der Waals surface area contributed by atoms with Gasteiger partial charge in [-0.1, -0.05) is 6.42 Å². The fourth-order valence-corrected chi connectivity index (χ4v) is 5.18. The molecule has 0 radical (unpaired) electrons. The van der Waals surface area contributed by atoms with Crippen LogP contribution in [0.1, 0.15) is 37.4 Å². The first kappa shape index (κ1) is 14.6. The highest BCUT2D eigenvalue weighted by Crippen LogP contribution is 2.39. The molecular weight excluding hydrogens is 302 g/mol. The van der Waals surface area contributed by atoms with Gasteiger partial charge in [-0.05, 0) is 44.6 Å². The van der Waals surface area contributed by atoms with Crippen LogP contribution in [0.3, 0.4) is 0 Å². The SMILES string of the molecule is Cc1nc(N2C[C@@H]3C[C@H](C2)[C@@H]2CCCCN2C3)c2nc(C)oc2n1. The first-order chi connectivity index (χ1) is 11.7. The molecule has 3 atom stereocenters. The predicted octanol–water partition coefficient (Wildman–Crippen LogP) is 2.55. The van der Waals surface area contributed by atoms with Crippen LogP contribution in [0.5, 0.6) is 0 Å². The van der Waals surface area contributed by atoms with Crippen LogP contribution < -0.4 is 4.90 Å². The van der Waals surface area contributed by atoms with Crippen LogP contribution in [0, 0.1) is 25.7 Å². The topological polar surface area (TPSA) is 58.3 Å². The molecule has 0 unspecified atom stereocenters. The minimum atomic E-state index is 0.630. The van der Waals surface area contributed by atoms with Gasteiger partial charge in [0.2, 0.25) is 0 Å². The number of nitrogens with zero attached hydrogens (tertiary/aromatic N) is 5. The molecule has 3 aliphatic rings. The maximum absolute atomic E-state index is 5.66. The third-order valence-corrected chi connectivity index (χ3v) is 6.03. The number of aryl methyl sites for hydroxylation is 2. The Kier molecular flexibility index (Phi) is 3.30. The van der Waals surface area contributed by atoms with Crippen molar-refractivity contribution in [2.75, 3.05) is 31.1 Å². The summed E-state index contributed by atoms with van der Waals surface area (Å²) >= 11 is 0. The van der Waals surface area contributed by atoms with E-state index in [1.165, 1.54) is 38.8 Å². The summed E-state index contributed by atoms with van der Waals surface area (Å²) in [7, 11) is 0. The van der Waals surface area contributed by atoms with Crippen molar-refractivity contribution in [2.24, 2.45) is 11.8 Å². The summed E-state index contributed by atoms with van der Waals surface area (Å²) in [4.78, 5) is 19.0. The normalized spacial score (nSPS) is 30.6. The highest BCUT2D eigenvalue weighted by molar-refractivity contribution is 5.82. The van der Waals surface area contributed by atoms with Crippen molar-refractivity contribution in [2.45, 2.75) is 45.6 Å². The van der Waals surface area contributed by atoms with Crippen molar-refractivity contribution in [3.8, 4) is 0 Å². The number of hydrogen-bond acceptors (Lipinski definition) is 6. The summed E-state index contributed by atoms with van der Waals surface area (Å²) in [5.41, 5.74) is 1.46. The molecule has 0 saturated carbocycles. The quantitative estimate of drug-likeness (QED) is 0.802. The van der Waals surface area contributed by atoms with Crippen molar-refractivity contribution in [1.82, 2.24) is 19.9 Å². The minimum Gasteiger partial charge on any atom is -0.422 e. The molecule has 6 nitrogen and oxygen atoms in total. The lowest BCUT2D eigenvalue weighted by atomic mass is 9.76. The van der Waals surface area contributed by atoms with Gasteiger partial charge in [0, 0.05) is 32.6 Å². The summed E-state index contributed by atoms with van der Waals surface area (Å²) in [5, 5.41) is 0. The molecule has 5 heterocycles.